The van der Waals surface area contributed by atoms with Crippen molar-refractivity contribution in [2.24, 2.45) is 7.05 Å². The Balaban J connectivity index is 1.59. The summed E-state index contributed by atoms with van der Waals surface area (Å²) in [6.07, 6.45) is -3.62. The predicted octanol–water partition coefficient (Wildman–Crippen LogP) is 3.66. The molecule has 0 spiro atoms. The fourth-order valence-electron chi connectivity index (χ4n) is 3.86. The van der Waals surface area contributed by atoms with Crippen molar-refractivity contribution in [2.75, 3.05) is 18.0 Å². The highest BCUT2D eigenvalue weighted by molar-refractivity contribution is 5.89. The molecule has 1 aliphatic rings. The van der Waals surface area contributed by atoms with E-state index < -0.39 is 40.2 Å². The first-order valence-electron chi connectivity index (χ1n) is 10.7. The molecule has 186 valence electrons. The molecule has 0 bridgehead atoms. The number of aryl methyl sites for hydroxylation is 1. The molecule has 8 nitrogen and oxygen atoms in total. The van der Waals surface area contributed by atoms with Crippen LogP contribution in [0.25, 0.3) is 22.3 Å². The molecule has 0 amide bonds. The summed E-state index contributed by atoms with van der Waals surface area (Å²) in [5.74, 6) is -2.87. The lowest BCUT2D eigenvalue weighted by Gasteiger charge is -2.39. The van der Waals surface area contributed by atoms with E-state index in [4.69, 9.17) is 4.74 Å². The Morgan fingerprint density at radius 1 is 1.03 bits per heavy atom. The van der Waals surface area contributed by atoms with Gasteiger partial charge in [-0.15, -0.1) is 0 Å². The second-order valence-electron chi connectivity index (χ2n) is 8.27. The van der Waals surface area contributed by atoms with E-state index in [-0.39, 0.29) is 23.3 Å². The first-order chi connectivity index (χ1) is 17.0. The van der Waals surface area contributed by atoms with Gasteiger partial charge in [0.05, 0.1) is 13.1 Å². The predicted molar refractivity (Wildman–Crippen MR) is 119 cm³/mol. The maximum absolute atomic E-state index is 14.7. The molecule has 4 aromatic rings. The van der Waals surface area contributed by atoms with E-state index >= 15 is 0 Å². The molecule has 1 fully saturated rings. The van der Waals surface area contributed by atoms with E-state index in [2.05, 4.69) is 19.9 Å². The number of benzene rings is 1. The smallest absolute Gasteiger partial charge is 0.449 e. The molecule has 0 atom stereocenters. The number of aromatic nitrogens is 5. The molecule has 1 aromatic carbocycles. The quantitative estimate of drug-likeness (QED) is 0.392. The summed E-state index contributed by atoms with van der Waals surface area (Å²) in [6.45, 7) is 2.41. The van der Waals surface area contributed by atoms with E-state index in [9.17, 15) is 26.7 Å². The molecule has 0 N–H and O–H groups in total. The molecular weight excluding hydrogens is 487 g/mol. The lowest BCUT2D eigenvalue weighted by Crippen LogP contribution is -2.54. The van der Waals surface area contributed by atoms with Crippen molar-refractivity contribution in [3.05, 3.63) is 70.0 Å². The van der Waals surface area contributed by atoms with Gasteiger partial charge in [0.25, 0.3) is 5.56 Å². The van der Waals surface area contributed by atoms with Crippen LogP contribution < -0.4 is 15.2 Å². The lowest BCUT2D eigenvalue weighted by molar-refractivity contribution is -0.147. The minimum Gasteiger partial charge on any atom is -0.487 e. The third-order valence-corrected chi connectivity index (χ3v) is 5.66. The number of ether oxygens (including phenoxy) is 1. The average molecular weight is 504 g/mol. The van der Waals surface area contributed by atoms with E-state index in [1.165, 1.54) is 0 Å². The zero-order valence-electron chi connectivity index (χ0n) is 18.8. The van der Waals surface area contributed by atoms with Gasteiger partial charge in [0, 0.05) is 36.6 Å². The molecule has 36 heavy (non-hydrogen) atoms. The number of hydrogen-bond donors (Lipinski definition) is 0. The highest BCUT2D eigenvalue weighted by atomic mass is 19.4. The molecule has 0 aliphatic carbocycles. The Morgan fingerprint density at radius 3 is 2.44 bits per heavy atom. The number of pyridine rings is 1. The highest BCUT2D eigenvalue weighted by Gasteiger charge is 2.38. The second-order valence-corrected chi connectivity index (χ2v) is 8.27. The van der Waals surface area contributed by atoms with Crippen LogP contribution >= 0.6 is 0 Å². The second kappa shape index (κ2) is 8.50. The monoisotopic (exact) mass is 504 g/mol. The van der Waals surface area contributed by atoms with Crippen LogP contribution in [0, 0.1) is 18.6 Å². The van der Waals surface area contributed by atoms with Crippen LogP contribution in [-0.2, 0) is 13.2 Å². The zero-order chi connectivity index (χ0) is 25.8. The Hall–Kier alpha value is -4.16. The highest BCUT2D eigenvalue weighted by Crippen LogP contribution is 2.33. The molecule has 13 heteroatoms. The summed E-state index contributed by atoms with van der Waals surface area (Å²) in [5, 5.41) is 0. The fourth-order valence-corrected chi connectivity index (χ4v) is 3.86. The normalized spacial score (nSPS) is 14.2. The van der Waals surface area contributed by atoms with E-state index in [1.807, 2.05) is 6.92 Å². The van der Waals surface area contributed by atoms with Crippen molar-refractivity contribution in [1.29, 1.82) is 0 Å². The van der Waals surface area contributed by atoms with Crippen molar-refractivity contribution in [3.8, 4) is 17.0 Å². The summed E-state index contributed by atoms with van der Waals surface area (Å²) in [4.78, 5) is 30.6. The molecule has 1 saturated heterocycles. The molecule has 4 heterocycles. The van der Waals surface area contributed by atoms with Crippen LogP contribution in [0.15, 0.2) is 41.3 Å². The van der Waals surface area contributed by atoms with Crippen molar-refractivity contribution in [1.82, 2.24) is 24.5 Å². The summed E-state index contributed by atoms with van der Waals surface area (Å²) in [5.41, 5.74) is -1.96. The van der Waals surface area contributed by atoms with Gasteiger partial charge in [-0.05, 0) is 25.1 Å². The topological polar surface area (TPSA) is 86.0 Å². The van der Waals surface area contributed by atoms with Gasteiger partial charge >= 0.3 is 6.18 Å². The minimum absolute atomic E-state index is 0.0226. The Kier molecular flexibility index (Phi) is 5.57. The van der Waals surface area contributed by atoms with Crippen molar-refractivity contribution in [3.63, 3.8) is 0 Å². The van der Waals surface area contributed by atoms with Crippen LogP contribution in [0.1, 0.15) is 11.5 Å². The largest absolute Gasteiger partial charge is 0.487 e. The summed E-state index contributed by atoms with van der Waals surface area (Å²) < 4.78 is 75.0. The number of alkyl halides is 3. The fraction of sp³-hybridized carbons (Fsp3) is 0.261. The summed E-state index contributed by atoms with van der Waals surface area (Å²) in [6, 6.07) is 5.99. The molecular formula is C23H17F5N6O2. The van der Waals surface area contributed by atoms with Crippen LogP contribution in [0.2, 0.25) is 0 Å². The van der Waals surface area contributed by atoms with Crippen LogP contribution in [0.5, 0.6) is 5.75 Å². The molecule has 3 aromatic heterocycles. The number of halogens is 5. The third-order valence-electron chi connectivity index (χ3n) is 5.66. The maximum atomic E-state index is 14.7. The van der Waals surface area contributed by atoms with Gasteiger partial charge < -0.3 is 9.64 Å². The van der Waals surface area contributed by atoms with Crippen LogP contribution in [0.4, 0.5) is 27.9 Å². The van der Waals surface area contributed by atoms with Gasteiger partial charge in [0.15, 0.2) is 5.52 Å². The van der Waals surface area contributed by atoms with Crippen LogP contribution in [-0.4, -0.2) is 43.7 Å². The standard InChI is InChI=1S/C23H17F5N6O2/c1-11-7-13(5-6-29-11)36-14-9-34(10-14)22-31-17(15-4-3-12(24)8-16(15)25)18-19(32-22)20(35)33(2)21(30-18)23(26,27)28/h3-8,14H,9-10H2,1-2H3. The van der Waals surface area contributed by atoms with Gasteiger partial charge in [-0.25, -0.2) is 23.7 Å². The zero-order valence-corrected chi connectivity index (χ0v) is 18.8. The van der Waals surface area contributed by atoms with Gasteiger partial charge in [-0.3, -0.25) is 14.3 Å². The molecule has 0 unspecified atom stereocenters. The van der Waals surface area contributed by atoms with Crippen LogP contribution in [0.3, 0.4) is 0 Å². The summed E-state index contributed by atoms with van der Waals surface area (Å²) in [7, 11) is 0.918. The number of nitrogens with zero attached hydrogens (tertiary/aromatic N) is 6. The number of anilines is 1. The number of fused-ring (bicyclic) bond motifs is 1. The Bertz CT molecular complexity index is 1550. The van der Waals surface area contributed by atoms with Crippen molar-refractivity contribution < 1.29 is 26.7 Å². The Labute approximate surface area is 200 Å². The summed E-state index contributed by atoms with van der Waals surface area (Å²) >= 11 is 0. The molecule has 5 rings (SSSR count). The van der Waals surface area contributed by atoms with Gasteiger partial charge in [0.2, 0.25) is 11.8 Å². The Morgan fingerprint density at radius 2 is 1.78 bits per heavy atom. The van der Waals surface area contributed by atoms with Crippen molar-refractivity contribution in [2.45, 2.75) is 19.2 Å². The third kappa shape index (κ3) is 4.20. The average Bonchev–Trinajstić information content (AvgIpc) is 2.77. The number of hydrogen-bond acceptors (Lipinski definition) is 7. The first-order valence-corrected chi connectivity index (χ1v) is 10.7. The first kappa shape index (κ1) is 23.6. The molecule has 1 aliphatic heterocycles. The van der Waals surface area contributed by atoms with E-state index in [0.717, 1.165) is 24.9 Å². The van der Waals surface area contributed by atoms with Gasteiger partial charge in [-0.2, -0.15) is 13.2 Å². The maximum Gasteiger partial charge on any atom is 0.449 e. The number of rotatable bonds is 4. The van der Waals surface area contributed by atoms with Gasteiger partial charge in [-0.1, -0.05) is 0 Å². The van der Waals surface area contributed by atoms with E-state index in [1.54, 1.807) is 23.2 Å². The molecule has 0 saturated carbocycles. The SMILES string of the molecule is Cc1cc(OC2CN(c3nc(-c4ccc(F)cc4F)c4nc(C(F)(F)F)n(C)c(=O)c4n3)C2)ccn1. The lowest BCUT2D eigenvalue weighted by atomic mass is 10.1. The van der Waals surface area contributed by atoms with Gasteiger partial charge in [0.1, 0.15) is 34.7 Å². The van der Waals surface area contributed by atoms with Crippen molar-refractivity contribution >= 4 is 17.0 Å². The molecule has 0 radical (unpaired) electrons. The minimum atomic E-state index is -4.97. The van der Waals surface area contributed by atoms with E-state index in [0.29, 0.717) is 29.5 Å².